The highest BCUT2D eigenvalue weighted by molar-refractivity contribution is 7.89. The maximum absolute atomic E-state index is 13.8. The van der Waals surface area contributed by atoms with Crippen LogP contribution in [0.5, 0.6) is 0 Å². The fraction of sp³-hybridized carbons (Fsp3) is 0.500. The molecule has 1 aromatic carbocycles. The summed E-state index contributed by atoms with van der Waals surface area (Å²) in [5.74, 6) is -1.18. The van der Waals surface area contributed by atoms with Crippen molar-refractivity contribution in [3.8, 4) is 0 Å². The van der Waals surface area contributed by atoms with Gasteiger partial charge in [-0.2, -0.15) is 0 Å². The molecule has 2 atom stereocenters. The van der Waals surface area contributed by atoms with Gasteiger partial charge in [0.05, 0.1) is 4.92 Å². The number of benzene rings is 1. The van der Waals surface area contributed by atoms with Crippen molar-refractivity contribution >= 4 is 28.1 Å². The van der Waals surface area contributed by atoms with E-state index in [9.17, 15) is 22.9 Å². The number of nitro benzene ring substituents is 1. The maximum atomic E-state index is 13.8. The van der Waals surface area contributed by atoms with E-state index in [1.807, 2.05) is 0 Å². The van der Waals surface area contributed by atoms with Gasteiger partial charge in [0, 0.05) is 12.1 Å². The minimum absolute atomic E-state index is 0. The fourth-order valence-electron chi connectivity index (χ4n) is 2.64. The highest BCUT2D eigenvalue weighted by atomic mass is 35.5. The summed E-state index contributed by atoms with van der Waals surface area (Å²) in [5.41, 5.74) is 4.80. The zero-order valence-electron chi connectivity index (χ0n) is 11.6. The number of nitrogens with one attached hydrogen (secondary N) is 1. The molecule has 10 heteroatoms. The largest absolute Gasteiger partial charge is 0.330 e. The zero-order valence-corrected chi connectivity index (χ0v) is 13.2. The minimum atomic E-state index is -4.32. The Labute approximate surface area is 133 Å². The molecule has 0 aliphatic heterocycles. The number of hydrogen-bond acceptors (Lipinski definition) is 5. The van der Waals surface area contributed by atoms with Crippen LogP contribution in [0.15, 0.2) is 23.1 Å². The van der Waals surface area contributed by atoms with Gasteiger partial charge >= 0.3 is 0 Å². The number of sulfonamides is 1. The third-order valence-corrected chi connectivity index (χ3v) is 5.23. The number of hydrogen-bond donors (Lipinski definition) is 2. The molecule has 0 heterocycles. The van der Waals surface area contributed by atoms with E-state index in [-0.39, 0.29) is 18.3 Å². The Hall–Kier alpha value is -1.29. The van der Waals surface area contributed by atoms with E-state index in [4.69, 9.17) is 5.73 Å². The van der Waals surface area contributed by atoms with E-state index < -0.39 is 37.4 Å². The van der Waals surface area contributed by atoms with Crippen molar-refractivity contribution in [1.29, 1.82) is 0 Å². The smallest absolute Gasteiger partial charge is 0.292 e. The van der Waals surface area contributed by atoms with Crippen molar-refractivity contribution < 1.29 is 17.7 Å². The SMILES string of the molecule is Cl.NCC1CCCC1NS(=O)(=O)c1c(F)cccc1[N+](=O)[O-]. The first kappa shape index (κ1) is 18.8. The molecule has 1 aliphatic carbocycles. The average Bonchev–Trinajstić information content (AvgIpc) is 2.84. The lowest BCUT2D eigenvalue weighted by molar-refractivity contribution is -0.388. The molecule has 2 rings (SSSR count). The van der Waals surface area contributed by atoms with E-state index in [1.165, 1.54) is 0 Å². The van der Waals surface area contributed by atoms with Gasteiger partial charge in [-0.15, -0.1) is 12.4 Å². The maximum Gasteiger partial charge on any atom is 0.292 e. The number of nitro groups is 1. The van der Waals surface area contributed by atoms with Gasteiger partial charge in [0.1, 0.15) is 5.82 Å². The summed E-state index contributed by atoms with van der Waals surface area (Å²) in [6.07, 6.45) is 2.18. The van der Waals surface area contributed by atoms with Crippen molar-refractivity contribution in [2.45, 2.75) is 30.2 Å². The molecule has 3 N–H and O–H groups in total. The van der Waals surface area contributed by atoms with E-state index in [0.717, 1.165) is 31.0 Å². The topological polar surface area (TPSA) is 115 Å². The van der Waals surface area contributed by atoms with Crippen molar-refractivity contribution in [2.75, 3.05) is 6.54 Å². The Bertz CT molecular complexity index is 656. The van der Waals surface area contributed by atoms with Crippen LogP contribution >= 0.6 is 12.4 Å². The summed E-state index contributed by atoms with van der Waals surface area (Å²) in [7, 11) is -4.32. The van der Waals surface area contributed by atoms with Gasteiger partial charge < -0.3 is 5.73 Å². The number of nitrogens with zero attached hydrogens (tertiary/aromatic N) is 1. The van der Waals surface area contributed by atoms with Crippen LogP contribution < -0.4 is 10.5 Å². The summed E-state index contributed by atoms with van der Waals surface area (Å²) in [5, 5.41) is 10.9. The molecule has 1 saturated carbocycles. The number of nitrogens with two attached hydrogens (primary N) is 1. The predicted molar refractivity (Wildman–Crippen MR) is 80.8 cm³/mol. The van der Waals surface area contributed by atoms with Gasteiger partial charge in [-0.25, -0.2) is 17.5 Å². The summed E-state index contributed by atoms with van der Waals surface area (Å²) < 4.78 is 40.8. The second-order valence-electron chi connectivity index (χ2n) is 5.00. The Kier molecular flexibility index (Phi) is 6.24. The van der Waals surface area contributed by atoms with E-state index in [0.29, 0.717) is 13.0 Å². The van der Waals surface area contributed by atoms with E-state index in [1.54, 1.807) is 0 Å². The van der Waals surface area contributed by atoms with Gasteiger partial charge in [0.15, 0.2) is 4.90 Å². The summed E-state index contributed by atoms with van der Waals surface area (Å²) in [6, 6.07) is 2.54. The Morgan fingerprint density at radius 1 is 1.41 bits per heavy atom. The van der Waals surface area contributed by atoms with Crippen molar-refractivity contribution in [3.63, 3.8) is 0 Å². The van der Waals surface area contributed by atoms with Gasteiger partial charge in [-0.3, -0.25) is 10.1 Å². The van der Waals surface area contributed by atoms with Crippen LogP contribution in [0.25, 0.3) is 0 Å². The normalized spacial score (nSPS) is 21.4. The first-order chi connectivity index (χ1) is 9.86. The van der Waals surface area contributed by atoms with Crippen molar-refractivity contribution in [1.82, 2.24) is 4.72 Å². The molecule has 7 nitrogen and oxygen atoms in total. The molecule has 1 aromatic rings. The molecule has 2 unspecified atom stereocenters. The van der Waals surface area contributed by atoms with Crippen LogP contribution in [0.2, 0.25) is 0 Å². The van der Waals surface area contributed by atoms with Gasteiger partial charge in [-0.05, 0) is 31.4 Å². The van der Waals surface area contributed by atoms with E-state index >= 15 is 0 Å². The molecule has 0 radical (unpaired) electrons. The third-order valence-electron chi connectivity index (χ3n) is 3.68. The molecule has 0 amide bonds. The molecular formula is C12H17ClFN3O4S. The van der Waals surface area contributed by atoms with Crippen LogP contribution in [0.1, 0.15) is 19.3 Å². The minimum Gasteiger partial charge on any atom is -0.330 e. The molecule has 124 valence electrons. The zero-order chi connectivity index (χ0) is 15.6. The Morgan fingerprint density at radius 2 is 2.09 bits per heavy atom. The van der Waals surface area contributed by atoms with Crippen LogP contribution in [-0.2, 0) is 10.0 Å². The number of halogens is 2. The van der Waals surface area contributed by atoms with Gasteiger partial charge in [0.25, 0.3) is 15.7 Å². The summed E-state index contributed by atoms with van der Waals surface area (Å²) >= 11 is 0. The molecule has 1 fully saturated rings. The second-order valence-corrected chi connectivity index (χ2v) is 6.65. The average molecular weight is 354 g/mol. The molecule has 0 saturated heterocycles. The van der Waals surface area contributed by atoms with E-state index in [2.05, 4.69) is 4.72 Å². The van der Waals surface area contributed by atoms with Crippen LogP contribution in [0.4, 0.5) is 10.1 Å². The summed E-state index contributed by atoms with van der Waals surface area (Å²) in [6.45, 7) is 0.312. The molecule has 0 aromatic heterocycles. The van der Waals surface area contributed by atoms with Gasteiger partial charge in [0.2, 0.25) is 0 Å². The molecule has 22 heavy (non-hydrogen) atoms. The monoisotopic (exact) mass is 353 g/mol. The predicted octanol–water partition coefficient (Wildman–Crippen LogP) is 1.56. The standard InChI is InChI=1S/C12H16FN3O4S.ClH/c13-9-4-2-6-11(16(17)18)12(9)21(19,20)15-10-5-1-3-8(10)7-14;/h2,4,6,8,10,15H,1,3,5,7,14H2;1H. The third kappa shape index (κ3) is 3.72. The summed E-state index contributed by atoms with van der Waals surface area (Å²) in [4.78, 5) is 9.08. The van der Waals surface area contributed by atoms with Crippen LogP contribution in [0, 0.1) is 21.8 Å². The lowest BCUT2D eigenvalue weighted by atomic mass is 10.1. The Balaban J connectivity index is 0.00000242. The molecule has 0 spiro atoms. The molecule has 0 bridgehead atoms. The first-order valence-electron chi connectivity index (χ1n) is 6.52. The highest BCUT2D eigenvalue weighted by Crippen LogP contribution is 2.30. The fourth-order valence-corrected chi connectivity index (χ4v) is 4.21. The lowest BCUT2D eigenvalue weighted by Gasteiger charge is -2.19. The van der Waals surface area contributed by atoms with Crippen LogP contribution in [-0.4, -0.2) is 25.9 Å². The van der Waals surface area contributed by atoms with Crippen molar-refractivity contribution in [2.24, 2.45) is 11.7 Å². The van der Waals surface area contributed by atoms with Crippen LogP contribution in [0.3, 0.4) is 0 Å². The van der Waals surface area contributed by atoms with Gasteiger partial charge in [-0.1, -0.05) is 12.5 Å². The second kappa shape index (κ2) is 7.32. The lowest BCUT2D eigenvalue weighted by Crippen LogP contribution is -2.40. The quantitative estimate of drug-likeness (QED) is 0.615. The first-order valence-corrected chi connectivity index (χ1v) is 8.00. The van der Waals surface area contributed by atoms with Crippen molar-refractivity contribution in [3.05, 3.63) is 34.1 Å². The highest BCUT2D eigenvalue weighted by Gasteiger charge is 2.35. The Morgan fingerprint density at radius 3 is 2.68 bits per heavy atom. The molecular weight excluding hydrogens is 337 g/mol. The molecule has 1 aliphatic rings. The number of rotatable bonds is 5.